The quantitative estimate of drug-likeness (QED) is 0.151. The Balaban J connectivity index is 0.000000319. The Kier molecular flexibility index (Phi) is 20.6. The molecule has 0 fully saturated rings. The minimum absolute atomic E-state index is 0.887. The van der Waals surface area contributed by atoms with Crippen molar-refractivity contribution in [2.45, 2.75) is 83.1 Å². The molecular weight excluding hydrogens is 655 g/mol. The van der Waals surface area contributed by atoms with Crippen LogP contribution in [0.3, 0.4) is 0 Å². The van der Waals surface area contributed by atoms with Crippen molar-refractivity contribution in [1.82, 2.24) is 54.2 Å². The molecule has 8 aromatic rings. The molecule has 0 N–H and O–H groups in total. The van der Waals surface area contributed by atoms with E-state index in [0.29, 0.717) is 0 Å². The van der Waals surface area contributed by atoms with Gasteiger partial charge in [-0.1, -0.05) is 73.6 Å². The van der Waals surface area contributed by atoms with Crippen LogP contribution in [0.15, 0.2) is 79.5 Å². The van der Waals surface area contributed by atoms with Crippen LogP contribution in [0, 0.1) is 27.7 Å². The Morgan fingerprint density at radius 2 is 1.00 bits per heavy atom. The first kappa shape index (κ1) is 43.8. The van der Waals surface area contributed by atoms with Gasteiger partial charge in [-0.3, -0.25) is 4.68 Å². The fourth-order valence-electron chi connectivity index (χ4n) is 4.33. The maximum absolute atomic E-state index is 4.15. The number of benzene rings is 1. The normalized spacial score (nSPS) is 9.37. The summed E-state index contributed by atoms with van der Waals surface area (Å²) < 4.78 is 4.93. The number of aromatic nitrogens is 11. The number of fused-ring (bicyclic) bond motifs is 4. The van der Waals surface area contributed by atoms with Gasteiger partial charge in [-0.15, -0.1) is 11.3 Å². The van der Waals surface area contributed by atoms with Gasteiger partial charge in [-0.2, -0.15) is 5.10 Å². The van der Waals surface area contributed by atoms with Crippen LogP contribution < -0.4 is 0 Å². The first-order chi connectivity index (χ1) is 24.8. The first-order valence-electron chi connectivity index (χ1n) is 17.5. The molecule has 0 aliphatic carbocycles. The number of rotatable bonds is 0. The molecule has 0 amide bonds. The van der Waals surface area contributed by atoms with Crippen molar-refractivity contribution in [3.8, 4) is 0 Å². The van der Waals surface area contributed by atoms with E-state index in [9.17, 15) is 0 Å². The van der Waals surface area contributed by atoms with Crippen molar-refractivity contribution < 1.29 is 0 Å². The number of aryl methyl sites for hydroxylation is 6. The summed E-state index contributed by atoms with van der Waals surface area (Å²) in [5.74, 6) is 0. The molecule has 0 aliphatic rings. The van der Waals surface area contributed by atoms with E-state index < -0.39 is 0 Å². The molecule has 11 nitrogen and oxygen atoms in total. The minimum atomic E-state index is 0.887. The number of hydrogen-bond acceptors (Lipinski definition) is 10. The van der Waals surface area contributed by atoms with Crippen molar-refractivity contribution in [1.29, 1.82) is 0 Å². The Bertz CT molecular complexity index is 2050. The fraction of sp³-hybridized carbons (Fsp3) is 0.359. The molecule has 7 aromatic heterocycles. The molecule has 51 heavy (non-hydrogen) atoms. The van der Waals surface area contributed by atoms with Crippen LogP contribution in [-0.4, -0.2) is 54.2 Å². The third kappa shape index (κ3) is 12.2. The van der Waals surface area contributed by atoms with E-state index in [1.165, 1.54) is 4.70 Å². The van der Waals surface area contributed by atoms with Crippen molar-refractivity contribution >= 4 is 54.5 Å². The number of thiophene rings is 1. The van der Waals surface area contributed by atoms with Crippen LogP contribution in [0.4, 0.5) is 0 Å². The molecule has 0 unspecified atom stereocenters. The standard InChI is InChI=1S/C9H8N2.C8H9N3.C7H8N4.C7H6N2S.4C2H6/c1-7-8-4-2-3-5-9(8)11-6-10-7;1-6-7-3-4-11(2)8(7)10-5-9-6;1-5-6-3-10-11(2)7(6)9-4-8-5;1-5-7-6(2-3-10-7)9-4-8-5;4*1-2/h2-6H,1H3;3-5H,1-2H3;3-4H,1-2H3;2-4H,1H3;4*1-2H3. The van der Waals surface area contributed by atoms with E-state index in [-0.39, 0.29) is 0 Å². The Labute approximate surface area is 307 Å². The summed E-state index contributed by atoms with van der Waals surface area (Å²) in [5.41, 5.74) is 8.07. The van der Waals surface area contributed by atoms with Crippen LogP contribution in [0.5, 0.6) is 0 Å². The largest absolute Gasteiger partial charge is 0.335 e. The lowest BCUT2D eigenvalue weighted by Gasteiger charge is -1.96. The highest BCUT2D eigenvalue weighted by molar-refractivity contribution is 7.17. The van der Waals surface area contributed by atoms with Crippen LogP contribution in [-0.2, 0) is 14.1 Å². The van der Waals surface area contributed by atoms with Gasteiger partial charge in [0.05, 0.1) is 44.4 Å². The SMILES string of the molecule is CC.CC.CC.CC.Cc1ncnc2c1ccn2C.Cc1ncnc2c1cnn2C.Cc1ncnc2ccccc12.Cc1ncnc2ccsc12. The lowest BCUT2D eigenvalue weighted by atomic mass is 10.2. The molecule has 0 radical (unpaired) electrons. The summed E-state index contributed by atoms with van der Waals surface area (Å²) in [6.07, 6.45) is 10.1. The van der Waals surface area contributed by atoms with Gasteiger partial charge >= 0.3 is 0 Å². The van der Waals surface area contributed by atoms with Gasteiger partial charge in [0.25, 0.3) is 0 Å². The molecule has 1 aromatic carbocycles. The Morgan fingerprint density at radius 1 is 0.490 bits per heavy atom. The topological polar surface area (TPSA) is 126 Å². The number of nitrogens with zero attached hydrogens (tertiary/aromatic N) is 11. The molecule has 8 rings (SSSR count). The maximum atomic E-state index is 4.15. The fourth-order valence-corrected chi connectivity index (χ4v) is 5.13. The second-order valence-electron chi connectivity index (χ2n) is 9.66. The monoisotopic (exact) mass is 709 g/mol. The van der Waals surface area contributed by atoms with Crippen molar-refractivity contribution in [2.75, 3.05) is 0 Å². The van der Waals surface area contributed by atoms with E-state index in [4.69, 9.17) is 0 Å². The lowest BCUT2D eigenvalue weighted by molar-refractivity contribution is 0.785. The van der Waals surface area contributed by atoms with Crippen LogP contribution in [0.25, 0.3) is 43.2 Å². The first-order valence-corrected chi connectivity index (χ1v) is 18.3. The van der Waals surface area contributed by atoms with Gasteiger partial charge in [0, 0.05) is 36.8 Å². The lowest BCUT2D eigenvalue weighted by Crippen LogP contribution is -1.92. The zero-order valence-corrected chi connectivity index (χ0v) is 33.6. The number of hydrogen-bond donors (Lipinski definition) is 0. The molecular formula is C39H55N11S. The smallest absolute Gasteiger partial charge is 0.161 e. The van der Waals surface area contributed by atoms with Crippen molar-refractivity contribution in [2.24, 2.45) is 14.1 Å². The average Bonchev–Trinajstić information content (AvgIpc) is 3.93. The van der Waals surface area contributed by atoms with E-state index in [2.05, 4.69) is 45.0 Å². The van der Waals surface area contributed by atoms with Gasteiger partial charge in [-0.25, -0.2) is 39.9 Å². The van der Waals surface area contributed by atoms with Gasteiger partial charge in [-0.05, 0) is 51.3 Å². The molecule has 7 heterocycles. The second-order valence-corrected chi connectivity index (χ2v) is 10.6. The molecule has 0 bridgehead atoms. The van der Waals surface area contributed by atoms with E-state index >= 15 is 0 Å². The van der Waals surface area contributed by atoms with E-state index in [1.807, 2.05) is 150 Å². The maximum Gasteiger partial charge on any atom is 0.161 e. The third-order valence-electron chi connectivity index (χ3n) is 6.75. The Morgan fingerprint density at radius 3 is 1.57 bits per heavy atom. The van der Waals surface area contributed by atoms with Crippen molar-refractivity contribution in [3.05, 3.63) is 102 Å². The summed E-state index contributed by atoms with van der Waals surface area (Å²) in [5, 5.41) is 9.40. The summed E-state index contributed by atoms with van der Waals surface area (Å²) in [4.78, 5) is 32.8. The van der Waals surface area contributed by atoms with Crippen LogP contribution in [0.2, 0.25) is 0 Å². The molecule has 0 saturated carbocycles. The van der Waals surface area contributed by atoms with E-state index in [1.54, 1.807) is 47.5 Å². The highest BCUT2D eigenvalue weighted by Gasteiger charge is 2.03. The van der Waals surface area contributed by atoms with Crippen LogP contribution in [0.1, 0.15) is 78.2 Å². The summed E-state index contributed by atoms with van der Waals surface area (Å²) in [7, 11) is 3.85. The van der Waals surface area contributed by atoms with Crippen LogP contribution >= 0.6 is 11.3 Å². The molecule has 0 aliphatic heterocycles. The molecule has 12 heteroatoms. The summed E-state index contributed by atoms with van der Waals surface area (Å²) in [6.45, 7) is 23.9. The predicted molar refractivity (Wildman–Crippen MR) is 216 cm³/mol. The zero-order chi connectivity index (χ0) is 38.3. The predicted octanol–water partition coefficient (Wildman–Crippen LogP) is 9.99. The average molecular weight is 710 g/mol. The molecule has 272 valence electrons. The second kappa shape index (κ2) is 24.0. The molecule has 0 saturated heterocycles. The van der Waals surface area contributed by atoms with Gasteiger partial charge in [0.1, 0.15) is 31.0 Å². The highest BCUT2D eigenvalue weighted by atomic mass is 32.1. The van der Waals surface area contributed by atoms with E-state index in [0.717, 1.165) is 61.3 Å². The highest BCUT2D eigenvalue weighted by Crippen LogP contribution is 2.19. The minimum Gasteiger partial charge on any atom is -0.335 e. The Hall–Kier alpha value is -5.23. The zero-order valence-electron chi connectivity index (χ0n) is 32.8. The molecule has 0 atom stereocenters. The summed E-state index contributed by atoms with van der Waals surface area (Å²) in [6, 6.07) is 12.0. The number of para-hydroxylation sites is 1. The van der Waals surface area contributed by atoms with Gasteiger partial charge in [0.2, 0.25) is 0 Å². The van der Waals surface area contributed by atoms with Gasteiger partial charge < -0.3 is 4.57 Å². The van der Waals surface area contributed by atoms with Crippen molar-refractivity contribution in [3.63, 3.8) is 0 Å². The summed E-state index contributed by atoms with van der Waals surface area (Å²) >= 11 is 1.69. The van der Waals surface area contributed by atoms with Gasteiger partial charge in [0.15, 0.2) is 5.65 Å². The molecule has 0 spiro atoms. The third-order valence-corrected chi connectivity index (χ3v) is 7.77.